The summed E-state index contributed by atoms with van der Waals surface area (Å²) in [6.45, 7) is 5.92. The van der Waals surface area contributed by atoms with E-state index in [1.807, 2.05) is 41.5 Å². The molecule has 1 aliphatic rings. The van der Waals surface area contributed by atoms with Crippen LogP contribution in [0.1, 0.15) is 16.3 Å². The van der Waals surface area contributed by atoms with Crippen molar-refractivity contribution >= 4 is 23.3 Å². The van der Waals surface area contributed by atoms with Crippen LogP contribution >= 0.6 is 11.3 Å². The Bertz CT molecular complexity index is 640. The van der Waals surface area contributed by atoms with Crippen LogP contribution in [0.4, 0.5) is 0 Å². The fourth-order valence-corrected chi connectivity index (χ4v) is 3.11. The molecule has 6 heteroatoms. The highest BCUT2D eigenvalue weighted by atomic mass is 32.1. The molecule has 0 aromatic carbocycles. The van der Waals surface area contributed by atoms with Gasteiger partial charge in [0.05, 0.1) is 5.69 Å². The Morgan fingerprint density at radius 2 is 2.23 bits per heavy atom. The van der Waals surface area contributed by atoms with E-state index in [0.29, 0.717) is 0 Å². The third kappa shape index (κ3) is 3.84. The minimum absolute atomic E-state index is 0.0883. The SMILES string of the molecule is Cc1cc(CN2CCN(C(=O)/C=C/c3cccs3)CC2)no1. The van der Waals surface area contributed by atoms with Crippen LogP contribution < -0.4 is 0 Å². The predicted octanol–water partition coefficient (Wildman–Crippen LogP) is 2.40. The second kappa shape index (κ2) is 6.89. The van der Waals surface area contributed by atoms with Crippen molar-refractivity contribution in [1.29, 1.82) is 0 Å². The molecule has 1 fully saturated rings. The van der Waals surface area contributed by atoms with Gasteiger partial charge in [-0.05, 0) is 24.4 Å². The van der Waals surface area contributed by atoms with Crippen LogP contribution in [-0.2, 0) is 11.3 Å². The van der Waals surface area contributed by atoms with Crippen molar-refractivity contribution in [3.8, 4) is 0 Å². The fourth-order valence-electron chi connectivity index (χ4n) is 2.49. The lowest BCUT2D eigenvalue weighted by molar-refractivity contribution is -0.127. The molecule has 0 saturated carbocycles. The number of amides is 1. The molecule has 0 unspecified atom stereocenters. The van der Waals surface area contributed by atoms with Gasteiger partial charge in [0.2, 0.25) is 5.91 Å². The average molecular weight is 317 g/mol. The van der Waals surface area contributed by atoms with Crippen molar-refractivity contribution in [3.63, 3.8) is 0 Å². The molecule has 1 amide bonds. The molecule has 2 aromatic rings. The Balaban J connectivity index is 1.47. The molecule has 0 spiro atoms. The summed E-state index contributed by atoms with van der Waals surface area (Å²) in [5.41, 5.74) is 0.954. The Labute approximate surface area is 133 Å². The van der Waals surface area contributed by atoms with Gasteiger partial charge in [0, 0.05) is 49.7 Å². The molecule has 1 saturated heterocycles. The molecule has 2 aromatic heterocycles. The predicted molar refractivity (Wildman–Crippen MR) is 86.5 cm³/mol. The van der Waals surface area contributed by atoms with Gasteiger partial charge >= 0.3 is 0 Å². The average Bonchev–Trinajstić information content (AvgIpc) is 3.17. The zero-order valence-corrected chi connectivity index (χ0v) is 13.4. The molecular weight excluding hydrogens is 298 g/mol. The molecular formula is C16H19N3O2S. The Morgan fingerprint density at radius 1 is 1.41 bits per heavy atom. The van der Waals surface area contributed by atoms with Gasteiger partial charge in [0.25, 0.3) is 0 Å². The van der Waals surface area contributed by atoms with Gasteiger partial charge in [0.15, 0.2) is 0 Å². The molecule has 1 aliphatic heterocycles. The van der Waals surface area contributed by atoms with Crippen molar-refractivity contribution in [1.82, 2.24) is 15.0 Å². The van der Waals surface area contributed by atoms with Crippen LogP contribution in [-0.4, -0.2) is 47.0 Å². The summed E-state index contributed by atoms with van der Waals surface area (Å²) in [5.74, 6) is 0.924. The summed E-state index contributed by atoms with van der Waals surface area (Å²) in [6.07, 6.45) is 3.56. The van der Waals surface area contributed by atoms with Gasteiger partial charge in [0.1, 0.15) is 5.76 Å². The Hall–Kier alpha value is -1.92. The highest BCUT2D eigenvalue weighted by molar-refractivity contribution is 7.10. The van der Waals surface area contributed by atoms with Gasteiger partial charge in [-0.1, -0.05) is 11.2 Å². The number of hydrogen-bond donors (Lipinski definition) is 0. The lowest BCUT2D eigenvalue weighted by Crippen LogP contribution is -2.47. The minimum Gasteiger partial charge on any atom is -0.361 e. The number of rotatable bonds is 4. The van der Waals surface area contributed by atoms with Gasteiger partial charge in [-0.25, -0.2) is 0 Å². The highest BCUT2D eigenvalue weighted by Crippen LogP contribution is 2.12. The first-order chi connectivity index (χ1) is 10.7. The second-order valence-corrected chi connectivity index (χ2v) is 6.36. The normalized spacial score (nSPS) is 16.5. The van der Waals surface area contributed by atoms with E-state index in [1.54, 1.807) is 17.4 Å². The van der Waals surface area contributed by atoms with Crippen molar-refractivity contribution in [2.24, 2.45) is 0 Å². The standard InChI is InChI=1S/C16H19N3O2S/c1-13-11-14(17-21-13)12-18-6-8-19(9-7-18)16(20)5-4-15-3-2-10-22-15/h2-5,10-11H,6-9,12H2,1H3/b5-4+. The number of aromatic nitrogens is 1. The lowest BCUT2D eigenvalue weighted by Gasteiger charge is -2.33. The third-order valence-corrected chi connectivity index (χ3v) is 4.52. The second-order valence-electron chi connectivity index (χ2n) is 5.38. The molecule has 0 radical (unpaired) electrons. The first kappa shape index (κ1) is 15.0. The van der Waals surface area contributed by atoms with Crippen molar-refractivity contribution in [2.75, 3.05) is 26.2 Å². The van der Waals surface area contributed by atoms with Crippen LogP contribution in [0.15, 0.2) is 34.2 Å². The molecule has 0 bridgehead atoms. The van der Waals surface area contributed by atoms with Crippen LogP contribution in [0.2, 0.25) is 0 Å². The van der Waals surface area contributed by atoms with Crippen LogP contribution in [0.25, 0.3) is 6.08 Å². The molecule has 22 heavy (non-hydrogen) atoms. The first-order valence-corrected chi connectivity index (χ1v) is 8.24. The van der Waals surface area contributed by atoms with E-state index in [0.717, 1.165) is 49.1 Å². The summed E-state index contributed by atoms with van der Waals surface area (Å²) >= 11 is 1.63. The lowest BCUT2D eigenvalue weighted by atomic mass is 10.2. The quantitative estimate of drug-likeness (QED) is 0.813. The maximum Gasteiger partial charge on any atom is 0.246 e. The van der Waals surface area contributed by atoms with Crippen molar-refractivity contribution in [2.45, 2.75) is 13.5 Å². The van der Waals surface area contributed by atoms with Gasteiger partial charge in [-0.2, -0.15) is 0 Å². The number of thiophene rings is 1. The summed E-state index contributed by atoms with van der Waals surface area (Å²) in [5, 5.41) is 6.02. The smallest absolute Gasteiger partial charge is 0.246 e. The van der Waals surface area contributed by atoms with E-state index in [1.165, 1.54) is 0 Å². The first-order valence-electron chi connectivity index (χ1n) is 7.36. The topological polar surface area (TPSA) is 49.6 Å². The summed E-state index contributed by atoms with van der Waals surface area (Å²) < 4.78 is 5.08. The largest absolute Gasteiger partial charge is 0.361 e. The fraction of sp³-hybridized carbons (Fsp3) is 0.375. The maximum atomic E-state index is 12.2. The summed E-state index contributed by atoms with van der Waals surface area (Å²) in [7, 11) is 0. The van der Waals surface area contributed by atoms with Gasteiger partial charge < -0.3 is 9.42 Å². The number of aryl methyl sites for hydroxylation is 1. The third-order valence-electron chi connectivity index (χ3n) is 3.68. The van der Waals surface area contributed by atoms with E-state index in [2.05, 4.69) is 10.1 Å². The molecule has 116 valence electrons. The van der Waals surface area contributed by atoms with Crippen LogP contribution in [0.5, 0.6) is 0 Å². The Morgan fingerprint density at radius 3 is 2.86 bits per heavy atom. The van der Waals surface area contributed by atoms with E-state index in [-0.39, 0.29) is 5.91 Å². The summed E-state index contributed by atoms with van der Waals surface area (Å²) in [4.78, 5) is 17.5. The van der Waals surface area contributed by atoms with Crippen molar-refractivity contribution < 1.29 is 9.32 Å². The maximum absolute atomic E-state index is 12.2. The molecule has 0 atom stereocenters. The Kier molecular flexibility index (Phi) is 4.70. The van der Waals surface area contributed by atoms with Crippen LogP contribution in [0, 0.1) is 6.92 Å². The number of nitrogens with zero attached hydrogens (tertiary/aromatic N) is 3. The molecule has 0 N–H and O–H groups in total. The van der Waals surface area contributed by atoms with E-state index in [9.17, 15) is 4.79 Å². The van der Waals surface area contributed by atoms with Gasteiger partial charge in [-0.15, -0.1) is 11.3 Å². The minimum atomic E-state index is 0.0883. The zero-order valence-electron chi connectivity index (χ0n) is 12.6. The molecule has 5 nitrogen and oxygen atoms in total. The molecule has 3 heterocycles. The van der Waals surface area contributed by atoms with Gasteiger partial charge in [-0.3, -0.25) is 9.69 Å². The number of hydrogen-bond acceptors (Lipinski definition) is 5. The van der Waals surface area contributed by atoms with Crippen molar-refractivity contribution in [3.05, 3.63) is 46.0 Å². The monoisotopic (exact) mass is 317 g/mol. The molecule has 3 rings (SSSR count). The highest BCUT2D eigenvalue weighted by Gasteiger charge is 2.20. The van der Waals surface area contributed by atoms with Crippen LogP contribution in [0.3, 0.4) is 0 Å². The zero-order chi connectivity index (χ0) is 15.4. The number of carbonyl (C=O) groups is 1. The molecule has 0 aliphatic carbocycles. The van der Waals surface area contributed by atoms with E-state index < -0.39 is 0 Å². The number of piperazine rings is 1. The number of carbonyl (C=O) groups excluding carboxylic acids is 1. The summed E-state index contributed by atoms with van der Waals surface area (Å²) in [6, 6.07) is 5.95. The van der Waals surface area contributed by atoms with E-state index in [4.69, 9.17) is 4.52 Å². The van der Waals surface area contributed by atoms with E-state index >= 15 is 0 Å².